The first-order valence-corrected chi connectivity index (χ1v) is 8.42. The van der Waals surface area contributed by atoms with Gasteiger partial charge < -0.3 is 10.5 Å². The normalized spacial score (nSPS) is 14.7. The molecule has 25 heavy (non-hydrogen) atoms. The van der Waals surface area contributed by atoms with Gasteiger partial charge in [-0.25, -0.2) is 9.78 Å². The maximum absolute atomic E-state index is 12.4. The van der Waals surface area contributed by atoms with Crippen molar-refractivity contribution in [1.29, 1.82) is 0 Å². The number of anilines is 1. The van der Waals surface area contributed by atoms with Crippen LogP contribution in [0, 0.1) is 31.6 Å². The zero-order valence-electron chi connectivity index (χ0n) is 13.4. The first-order valence-electron chi connectivity index (χ1n) is 7.66. The molecule has 5 radical (unpaired) electrons. The highest BCUT2D eigenvalue weighted by Crippen LogP contribution is 2.36. The molecular formula is C19H15Cl2N2O2. The summed E-state index contributed by atoms with van der Waals surface area (Å²) in [7, 11) is 0. The number of carbonyl (C=O) groups excluding carboxylic acids is 1. The van der Waals surface area contributed by atoms with E-state index in [0.717, 1.165) is 5.92 Å². The van der Waals surface area contributed by atoms with Crippen LogP contribution in [0.25, 0.3) is 11.1 Å². The Labute approximate surface area is 157 Å². The summed E-state index contributed by atoms with van der Waals surface area (Å²) >= 11 is 12.1. The number of nitrogens with zero attached hydrogens (tertiary/aromatic N) is 1. The molecule has 0 bridgehead atoms. The molecule has 2 aromatic rings. The Hall–Kier alpha value is -1.78. The predicted molar refractivity (Wildman–Crippen MR) is 99.6 cm³/mol. The Kier molecular flexibility index (Phi) is 5.50. The quantitative estimate of drug-likeness (QED) is 0.797. The third kappa shape index (κ3) is 3.75. The zero-order valence-corrected chi connectivity index (χ0v) is 14.9. The van der Waals surface area contributed by atoms with E-state index in [0.29, 0.717) is 26.9 Å². The van der Waals surface area contributed by atoms with E-state index in [9.17, 15) is 4.79 Å². The Bertz CT molecular complexity index is 802. The van der Waals surface area contributed by atoms with Crippen molar-refractivity contribution in [2.45, 2.75) is 6.92 Å². The summed E-state index contributed by atoms with van der Waals surface area (Å²) in [4.78, 5) is 16.8. The van der Waals surface area contributed by atoms with E-state index < -0.39 is 5.97 Å². The van der Waals surface area contributed by atoms with E-state index >= 15 is 0 Å². The Morgan fingerprint density at radius 2 is 1.88 bits per heavy atom. The topological polar surface area (TPSA) is 65.2 Å². The smallest absolute Gasteiger partial charge is 0.342 e. The van der Waals surface area contributed by atoms with Gasteiger partial charge in [-0.05, 0) is 56.4 Å². The first-order chi connectivity index (χ1) is 12.0. The van der Waals surface area contributed by atoms with Crippen LogP contribution in [-0.2, 0) is 4.74 Å². The van der Waals surface area contributed by atoms with Gasteiger partial charge in [0.2, 0.25) is 0 Å². The van der Waals surface area contributed by atoms with Crippen LogP contribution < -0.4 is 5.73 Å². The fraction of sp³-hybridized carbons (Fsp3) is 0.105. The molecule has 127 valence electrons. The fourth-order valence-electron chi connectivity index (χ4n) is 2.57. The molecule has 0 unspecified atom stereocenters. The molecular weight excluding hydrogens is 359 g/mol. The predicted octanol–water partition coefficient (Wildman–Crippen LogP) is 4.57. The number of carbonyl (C=O) groups is 1. The third-order valence-electron chi connectivity index (χ3n) is 3.72. The van der Waals surface area contributed by atoms with E-state index in [-0.39, 0.29) is 18.0 Å². The van der Waals surface area contributed by atoms with Gasteiger partial charge in [-0.1, -0.05) is 29.3 Å². The lowest BCUT2D eigenvalue weighted by Crippen LogP contribution is -2.13. The van der Waals surface area contributed by atoms with Crippen LogP contribution in [0.5, 0.6) is 0 Å². The highest BCUT2D eigenvalue weighted by molar-refractivity contribution is 6.42. The molecule has 1 aromatic heterocycles. The highest BCUT2D eigenvalue weighted by Gasteiger charge is 2.26. The Morgan fingerprint density at radius 1 is 1.16 bits per heavy atom. The van der Waals surface area contributed by atoms with Gasteiger partial charge in [0, 0.05) is 11.5 Å². The third-order valence-corrected chi connectivity index (χ3v) is 4.46. The zero-order chi connectivity index (χ0) is 18.0. The van der Waals surface area contributed by atoms with Gasteiger partial charge in [-0.15, -0.1) is 0 Å². The SMILES string of the molecule is CCOC(=O)c1c(-c2ccc(Cl)c(Cl)c2)cc([C]2[CH][CH][CH][CH]2)nc1N. The van der Waals surface area contributed by atoms with E-state index in [4.69, 9.17) is 33.7 Å². The van der Waals surface area contributed by atoms with Crippen LogP contribution in [0.4, 0.5) is 5.82 Å². The van der Waals surface area contributed by atoms with Crippen LogP contribution in [-0.4, -0.2) is 17.6 Å². The van der Waals surface area contributed by atoms with Crippen molar-refractivity contribution in [3.63, 3.8) is 0 Å². The average Bonchev–Trinajstić information content (AvgIpc) is 3.11. The van der Waals surface area contributed by atoms with Crippen molar-refractivity contribution >= 4 is 35.0 Å². The second kappa shape index (κ2) is 7.63. The number of esters is 1. The summed E-state index contributed by atoms with van der Waals surface area (Å²) in [6.07, 6.45) is 7.66. The lowest BCUT2D eigenvalue weighted by molar-refractivity contribution is 0.0528. The molecule has 2 N–H and O–H groups in total. The van der Waals surface area contributed by atoms with Crippen LogP contribution in [0.2, 0.25) is 10.0 Å². The number of aromatic nitrogens is 1. The minimum Gasteiger partial charge on any atom is -0.462 e. The number of benzene rings is 1. The largest absolute Gasteiger partial charge is 0.462 e. The van der Waals surface area contributed by atoms with Gasteiger partial charge in [0.05, 0.1) is 22.3 Å². The van der Waals surface area contributed by atoms with Crippen molar-refractivity contribution in [3.8, 4) is 11.1 Å². The molecule has 1 aliphatic rings. The maximum atomic E-state index is 12.4. The number of pyridine rings is 1. The molecule has 1 aliphatic carbocycles. The number of ether oxygens (including phenoxy) is 1. The molecule has 1 heterocycles. The second-order valence-corrected chi connectivity index (χ2v) is 6.15. The monoisotopic (exact) mass is 373 g/mol. The molecule has 0 amide bonds. The van der Waals surface area contributed by atoms with Crippen molar-refractivity contribution < 1.29 is 9.53 Å². The molecule has 1 fully saturated rings. The van der Waals surface area contributed by atoms with Gasteiger partial charge in [0.15, 0.2) is 0 Å². The summed E-state index contributed by atoms with van der Waals surface area (Å²) in [6.45, 7) is 1.97. The van der Waals surface area contributed by atoms with Crippen molar-refractivity contribution in [3.05, 3.63) is 77.2 Å². The molecule has 0 atom stereocenters. The van der Waals surface area contributed by atoms with Gasteiger partial charge >= 0.3 is 5.97 Å². The Balaban J connectivity index is 2.16. The van der Waals surface area contributed by atoms with Crippen molar-refractivity contribution in [2.24, 2.45) is 0 Å². The first kappa shape index (κ1) is 18.0. The minimum atomic E-state index is -0.525. The average molecular weight is 374 g/mol. The van der Waals surface area contributed by atoms with E-state index in [1.54, 1.807) is 31.2 Å². The fourth-order valence-corrected chi connectivity index (χ4v) is 2.86. The summed E-state index contributed by atoms with van der Waals surface area (Å²) in [5.41, 5.74) is 8.28. The van der Waals surface area contributed by atoms with E-state index in [1.807, 2.05) is 25.7 Å². The summed E-state index contributed by atoms with van der Waals surface area (Å²) in [5, 5.41) is 0.820. The number of nitrogen functional groups attached to an aromatic ring is 1. The number of halogens is 2. The standard InChI is InChI=1S/C19H15Cl2N2O2/c1-2-25-19(24)17-13(12-7-8-14(20)15(21)9-12)10-16(23-18(17)22)11-5-3-4-6-11/h3-10H,2H2,1H3,(H2,22,23). The van der Waals surface area contributed by atoms with Crippen molar-refractivity contribution in [2.75, 3.05) is 12.3 Å². The van der Waals surface area contributed by atoms with Crippen LogP contribution in [0.15, 0.2) is 24.3 Å². The summed E-state index contributed by atoms with van der Waals surface area (Å²) in [5.74, 6) is 0.490. The number of hydrogen-bond donors (Lipinski definition) is 1. The number of rotatable bonds is 4. The van der Waals surface area contributed by atoms with Crippen LogP contribution in [0.1, 0.15) is 23.0 Å². The maximum Gasteiger partial charge on any atom is 0.342 e. The second-order valence-electron chi connectivity index (χ2n) is 5.34. The summed E-state index contributed by atoms with van der Waals surface area (Å²) < 4.78 is 5.14. The molecule has 4 nitrogen and oxygen atoms in total. The van der Waals surface area contributed by atoms with E-state index in [2.05, 4.69) is 4.98 Å². The molecule has 6 heteroatoms. The van der Waals surface area contributed by atoms with E-state index in [1.165, 1.54) is 0 Å². The molecule has 0 spiro atoms. The Morgan fingerprint density at radius 3 is 2.52 bits per heavy atom. The van der Waals surface area contributed by atoms with Gasteiger partial charge in [0.25, 0.3) is 0 Å². The van der Waals surface area contributed by atoms with Gasteiger partial charge in [-0.3, -0.25) is 0 Å². The van der Waals surface area contributed by atoms with Crippen molar-refractivity contribution in [1.82, 2.24) is 4.98 Å². The lowest BCUT2D eigenvalue weighted by atomic mass is 9.95. The minimum absolute atomic E-state index is 0.109. The number of hydrogen-bond acceptors (Lipinski definition) is 4. The molecule has 1 saturated carbocycles. The number of nitrogens with two attached hydrogens (primary N) is 1. The molecule has 3 rings (SSSR count). The van der Waals surface area contributed by atoms with Gasteiger partial charge in [0.1, 0.15) is 11.4 Å². The van der Waals surface area contributed by atoms with Crippen LogP contribution >= 0.6 is 23.2 Å². The molecule has 0 saturated heterocycles. The highest BCUT2D eigenvalue weighted by atomic mass is 35.5. The summed E-state index contributed by atoms with van der Waals surface area (Å²) in [6, 6.07) is 6.95. The van der Waals surface area contributed by atoms with Gasteiger partial charge in [-0.2, -0.15) is 0 Å². The molecule has 1 aromatic carbocycles. The molecule has 0 aliphatic heterocycles. The lowest BCUT2D eigenvalue weighted by Gasteiger charge is -2.16. The van der Waals surface area contributed by atoms with Crippen LogP contribution in [0.3, 0.4) is 0 Å².